The second-order valence-corrected chi connectivity index (χ2v) is 8.14. The van der Waals surface area contributed by atoms with Crippen molar-refractivity contribution >= 4 is 23.1 Å². The van der Waals surface area contributed by atoms with E-state index in [9.17, 15) is 9.59 Å². The molecule has 3 rings (SSSR count). The first-order valence-corrected chi connectivity index (χ1v) is 9.73. The van der Waals surface area contributed by atoms with Crippen LogP contribution in [0.25, 0.3) is 0 Å². The molecular formula is C21H24O3S. The third-order valence-corrected chi connectivity index (χ3v) is 5.91. The highest BCUT2D eigenvalue weighted by Crippen LogP contribution is 2.33. The van der Waals surface area contributed by atoms with Crippen LogP contribution in [0.5, 0.6) is 0 Å². The van der Waals surface area contributed by atoms with Crippen LogP contribution in [0.4, 0.5) is 0 Å². The first kappa shape index (κ1) is 17.9. The average molecular weight is 356 g/mol. The molecule has 0 aliphatic heterocycles. The first-order chi connectivity index (χ1) is 12.0. The van der Waals surface area contributed by atoms with Gasteiger partial charge in [0.1, 0.15) is 0 Å². The van der Waals surface area contributed by atoms with Crippen molar-refractivity contribution in [3.63, 3.8) is 0 Å². The van der Waals surface area contributed by atoms with E-state index in [2.05, 4.69) is 20.8 Å². The second-order valence-electron chi connectivity index (χ2n) is 7.18. The monoisotopic (exact) mass is 356 g/mol. The normalized spacial score (nSPS) is 16.6. The molecule has 1 heterocycles. The predicted molar refractivity (Wildman–Crippen MR) is 101 cm³/mol. The zero-order valence-electron chi connectivity index (χ0n) is 15.0. The third kappa shape index (κ3) is 4.01. The highest BCUT2D eigenvalue weighted by molar-refractivity contribution is 7.10. The van der Waals surface area contributed by atoms with Gasteiger partial charge < -0.3 is 4.74 Å². The Labute approximate surface area is 153 Å². The zero-order chi connectivity index (χ0) is 18.0. The standard InChI is InChI=1S/C21H24O3S/c1-13(2)15-5-7-16(8-6-15)19(22)11-24-21(23)18-12-25-20-10-14(3)4-9-17(18)20/h5-8,12-14H,4,9-11H2,1-3H3. The van der Waals surface area contributed by atoms with Crippen LogP contribution in [-0.2, 0) is 17.6 Å². The fourth-order valence-electron chi connectivity index (χ4n) is 3.19. The number of benzene rings is 1. The minimum absolute atomic E-state index is 0.165. The quantitative estimate of drug-likeness (QED) is 0.557. The van der Waals surface area contributed by atoms with Gasteiger partial charge in [-0.2, -0.15) is 0 Å². The summed E-state index contributed by atoms with van der Waals surface area (Å²) in [6.07, 6.45) is 3.06. The average Bonchev–Trinajstić information content (AvgIpc) is 3.02. The van der Waals surface area contributed by atoms with Gasteiger partial charge in [0.05, 0.1) is 5.56 Å². The molecule has 1 atom stereocenters. The minimum atomic E-state index is -0.376. The van der Waals surface area contributed by atoms with Gasteiger partial charge in [-0.3, -0.25) is 4.79 Å². The molecule has 1 aromatic carbocycles. The van der Waals surface area contributed by atoms with Gasteiger partial charge >= 0.3 is 5.97 Å². The molecule has 1 unspecified atom stereocenters. The van der Waals surface area contributed by atoms with Crippen molar-refractivity contribution in [2.24, 2.45) is 5.92 Å². The third-order valence-electron chi connectivity index (χ3n) is 4.86. The van der Waals surface area contributed by atoms with E-state index >= 15 is 0 Å². The number of carbonyl (C=O) groups is 2. The minimum Gasteiger partial charge on any atom is -0.454 e. The van der Waals surface area contributed by atoms with E-state index in [1.807, 2.05) is 17.5 Å². The van der Waals surface area contributed by atoms with Gasteiger partial charge in [-0.15, -0.1) is 11.3 Å². The molecule has 0 amide bonds. The Hall–Kier alpha value is -1.94. The van der Waals surface area contributed by atoms with Crippen molar-refractivity contribution in [1.29, 1.82) is 0 Å². The first-order valence-electron chi connectivity index (χ1n) is 8.85. The van der Waals surface area contributed by atoms with Gasteiger partial charge in [-0.25, -0.2) is 4.79 Å². The molecule has 0 N–H and O–H groups in total. The molecule has 3 nitrogen and oxygen atoms in total. The summed E-state index contributed by atoms with van der Waals surface area (Å²) >= 11 is 1.63. The molecule has 25 heavy (non-hydrogen) atoms. The summed E-state index contributed by atoms with van der Waals surface area (Å²) in [6.45, 7) is 6.26. The number of hydrogen-bond donors (Lipinski definition) is 0. The van der Waals surface area contributed by atoms with Gasteiger partial charge in [0, 0.05) is 15.8 Å². The van der Waals surface area contributed by atoms with Gasteiger partial charge in [0.2, 0.25) is 0 Å². The molecule has 0 fully saturated rings. The summed E-state index contributed by atoms with van der Waals surface area (Å²) in [5.74, 6) is 0.556. The molecule has 4 heteroatoms. The Morgan fingerprint density at radius 2 is 1.96 bits per heavy atom. The maximum Gasteiger partial charge on any atom is 0.339 e. The summed E-state index contributed by atoms with van der Waals surface area (Å²) in [5.41, 5.74) is 3.54. The number of rotatable bonds is 5. The summed E-state index contributed by atoms with van der Waals surface area (Å²) in [5, 5.41) is 1.88. The van der Waals surface area contributed by atoms with Crippen LogP contribution in [0, 0.1) is 5.92 Å². The summed E-state index contributed by atoms with van der Waals surface area (Å²) < 4.78 is 5.29. The van der Waals surface area contributed by atoms with E-state index in [1.165, 1.54) is 10.4 Å². The summed E-state index contributed by atoms with van der Waals surface area (Å²) in [4.78, 5) is 25.9. The van der Waals surface area contributed by atoms with E-state index in [4.69, 9.17) is 4.74 Å². The van der Waals surface area contributed by atoms with Gasteiger partial charge in [-0.05, 0) is 42.2 Å². The SMILES string of the molecule is CC1CCc2c(C(=O)OCC(=O)c3ccc(C(C)C)cc3)csc2C1. The number of hydrogen-bond acceptors (Lipinski definition) is 4. The zero-order valence-corrected chi connectivity index (χ0v) is 15.8. The predicted octanol–water partition coefficient (Wildman–Crippen LogP) is 5.04. The number of ether oxygens (including phenoxy) is 1. The highest BCUT2D eigenvalue weighted by atomic mass is 32.1. The van der Waals surface area contributed by atoms with E-state index in [0.29, 0.717) is 23.0 Å². The second kappa shape index (κ2) is 7.52. The maximum atomic E-state index is 12.4. The van der Waals surface area contributed by atoms with Crippen LogP contribution >= 0.6 is 11.3 Å². The largest absolute Gasteiger partial charge is 0.454 e. The van der Waals surface area contributed by atoms with Crippen molar-refractivity contribution in [3.05, 3.63) is 56.8 Å². The molecule has 0 radical (unpaired) electrons. The fraction of sp³-hybridized carbons (Fsp3) is 0.429. The molecule has 132 valence electrons. The molecule has 2 aromatic rings. The Morgan fingerprint density at radius 3 is 2.64 bits per heavy atom. The van der Waals surface area contributed by atoms with Gasteiger partial charge in [-0.1, -0.05) is 45.0 Å². The molecule has 1 aliphatic carbocycles. The lowest BCUT2D eigenvalue weighted by Crippen LogP contribution is -2.17. The van der Waals surface area contributed by atoms with Crippen molar-refractivity contribution in [1.82, 2.24) is 0 Å². The maximum absolute atomic E-state index is 12.4. The van der Waals surface area contributed by atoms with E-state index < -0.39 is 0 Å². The lowest BCUT2D eigenvalue weighted by atomic mass is 9.88. The van der Waals surface area contributed by atoms with Crippen molar-refractivity contribution < 1.29 is 14.3 Å². The topological polar surface area (TPSA) is 43.4 Å². The number of Topliss-reactive ketones (excluding diaryl/α,β-unsaturated/α-hetero) is 1. The highest BCUT2D eigenvalue weighted by Gasteiger charge is 2.24. The van der Waals surface area contributed by atoms with Crippen molar-refractivity contribution in [2.75, 3.05) is 6.61 Å². The summed E-state index contributed by atoms with van der Waals surface area (Å²) in [7, 11) is 0. The van der Waals surface area contributed by atoms with E-state index in [0.717, 1.165) is 24.8 Å². The number of thiophene rings is 1. The Kier molecular flexibility index (Phi) is 5.38. The van der Waals surface area contributed by atoms with Crippen molar-refractivity contribution in [2.45, 2.75) is 46.0 Å². The van der Waals surface area contributed by atoms with Crippen LogP contribution < -0.4 is 0 Å². The summed E-state index contributed by atoms with van der Waals surface area (Å²) in [6, 6.07) is 7.52. The van der Waals surface area contributed by atoms with E-state index in [-0.39, 0.29) is 18.4 Å². The van der Waals surface area contributed by atoms with Crippen LogP contribution in [-0.4, -0.2) is 18.4 Å². The van der Waals surface area contributed by atoms with Crippen LogP contribution in [0.1, 0.15) is 69.8 Å². The number of fused-ring (bicyclic) bond motifs is 1. The number of esters is 1. The van der Waals surface area contributed by atoms with Crippen LogP contribution in [0.2, 0.25) is 0 Å². The van der Waals surface area contributed by atoms with Gasteiger partial charge in [0.15, 0.2) is 12.4 Å². The fourth-order valence-corrected chi connectivity index (χ4v) is 4.43. The van der Waals surface area contributed by atoms with Crippen molar-refractivity contribution in [3.8, 4) is 0 Å². The Bertz CT molecular complexity index is 771. The molecule has 0 saturated carbocycles. The lowest BCUT2D eigenvalue weighted by molar-refractivity contribution is 0.0474. The molecular weight excluding hydrogens is 332 g/mol. The van der Waals surface area contributed by atoms with Crippen LogP contribution in [0.15, 0.2) is 29.6 Å². The number of carbonyl (C=O) groups excluding carboxylic acids is 2. The van der Waals surface area contributed by atoms with Crippen LogP contribution in [0.3, 0.4) is 0 Å². The molecule has 0 spiro atoms. The Morgan fingerprint density at radius 1 is 1.24 bits per heavy atom. The molecule has 0 saturated heterocycles. The van der Waals surface area contributed by atoms with E-state index in [1.54, 1.807) is 23.5 Å². The lowest BCUT2D eigenvalue weighted by Gasteiger charge is -2.18. The smallest absolute Gasteiger partial charge is 0.339 e. The molecule has 1 aromatic heterocycles. The van der Waals surface area contributed by atoms with Gasteiger partial charge in [0.25, 0.3) is 0 Å². The molecule has 0 bridgehead atoms. The number of ketones is 1. The Balaban J connectivity index is 1.61. The molecule has 1 aliphatic rings.